The molecule has 6 nitrogen and oxygen atoms in total. The zero-order chi connectivity index (χ0) is 18.4. The fraction of sp³-hybridized carbons (Fsp3) is 0.800. The maximum Gasteiger partial charge on any atom is 0.333 e. The summed E-state index contributed by atoms with van der Waals surface area (Å²) in [7, 11) is 0. The van der Waals surface area contributed by atoms with E-state index in [0.29, 0.717) is 12.2 Å². The van der Waals surface area contributed by atoms with Crippen LogP contribution in [-0.4, -0.2) is 48.6 Å². The minimum absolute atomic E-state index is 0.00936. The van der Waals surface area contributed by atoms with Crippen LogP contribution in [0, 0.1) is 23.2 Å². The Labute approximate surface area is 153 Å². The van der Waals surface area contributed by atoms with Crippen molar-refractivity contribution in [3.05, 3.63) is 11.6 Å². The second-order valence-corrected chi connectivity index (χ2v) is 8.94. The Kier molecular flexibility index (Phi) is 3.29. The Bertz CT molecular complexity index is 709. The smallest absolute Gasteiger partial charge is 0.333 e. The van der Waals surface area contributed by atoms with Crippen molar-refractivity contribution < 1.29 is 28.5 Å². The normalized spacial score (nSPS) is 54.1. The average Bonchev–Trinajstić information content (AvgIpc) is 3.51. The van der Waals surface area contributed by atoms with Gasteiger partial charge in [0.1, 0.15) is 30.0 Å². The van der Waals surface area contributed by atoms with E-state index in [-0.39, 0.29) is 65.1 Å². The molecule has 6 heteroatoms. The molecule has 5 aliphatic rings. The molecule has 2 aliphatic carbocycles. The Balaban J connectivity index is 1.52. The van der Waals surface area contributed by atoms with Gasteiger partial charge in [-0.2, -0.15) is 0 Å². The monoisotopic (exact) mass is 362 g/mol. The van der Waals surface area contributed by atoms with Gasteiger partial charge in [-0.3, -0.25) is 4.79 Å². The van der Waals surface area contributed by atoms with Gasteiger partial charge < -0.3 is 18.9 Å². The fourth-order valence-electron chi connectivity index (χ4n) is 5.94. The van der Waals surface area contributed by atoms with Crippen LogP contribution >= 0.6 is 0 Å². The van der Waals surface area contributed by atoms with Crippen LogP contribution in [0.15, 0.2) is 11.6 Å². The highest BCUT2D eigenvalue weighted by molar-refractivity contribution is 5.87. The Morgan fingerprint density at radius 2 is 2.08 bits per heavy atom. The molecule has 0 aromatic heterocycles. The first-order valence-corrected chi connectivity index (χ1v) is 9.67. The number of hydrogen-bond donors (Lipinski definition) is 0. The first kappa shape index (κ1) is 16.8. The molecule has 0 unspecified atom stereocenters. The largest absolute Gasteiger partial charge is 0.461 e. The molecule has 0 bridgehead atoms. The summed E-state index contributed by atoms with van der Waals surface area (Å²) in [4.78, 5) is 24.7. The lowest BCUT2D eigenvalue weighted by Crippen LogP contribution is -2.63. The van der Waals surface area contributed by atoms with Gasteiger partial charge in [-0.25, -0.2) is 4.79 Å². The lowest BCUT2D eigenvalue weighted by molar-refractivity contribution is -0.182. The molecular formula is C20H26O6. The lowest BCUT2D eigenvalue weighted by Gasteiger charge is -2.53. The maximum absolute atomic E-state index is 12.5. The average molecular weight is 362 g/mol. The van der Waals surface area contributed by atoms with Crippen molar-refractivity contribution in [2.75, 3.05) is 6.61 Å². The molecule has 2 saturated carbocycles. The summed E-state index contributed by atoms with van der Waals surface area (Å²) in [5.41, 5.74) is -0.0884. The van der Waals surface area contributed by atoms with Crippen LogP contribution < -0.4 is 0 Å². The van der Waals surface area contributed by atoms with Gasteiger partial charge in [0.25, 0.3) is 0 Å². The molecule has 0 amide bonds. The van der Waals surface area contributed by atoms with Crippen LogP contribution in [0.2, 0.25) is 0 Å². The predicted molar refractivity (Wildman–Crippen MR) is 90.0 cm³/mol. The number of fused-ring (bicyclic) bond motifs is 6. The number of carbonyl (C=O) groups is 2. The standard InChI is InChI=1S/C20H26O6/c1-5-9(2)17(21)26-15-13-16(24-13)20(8-23-20)14-12-11(6-7-19(14,15)4)10(3)18(22)25-12/h5,10-16H,6-8H2,1-4H3/b9-5-/t10-,11-,12-,13+,14-,15-,16+,19+,20+/m1/s1. The Hall–Kier alpha value is -1.40. The summed E-state index contributed by atoms with van der Waals surface area (Å²) in [6.45, 7) is 8.35. The van der Waals surface area contributed by atoms with E-state index in [9.17, 15) is 9.59 Å². The minimum Gasteiger partial charge on any atom is -0.461 e. The van der Waals surface area contributed by atoms with Crippen LogP contribution in [-0.2, 0) is 28.5 Å². The first-order chi connectivity index (χ1) is 12.3. The van der Waals surface area contributed by atoms with Crippen molar-refractivity contribution in [2.24, 2.45) is 23.2 Å². The zero-order valence-corrected chi connectivity index (χ0v) is 15.7. The van der Waals surface area contributed by atoms with Crippen molar-refractivity contribution >= 4 is 11.9 Å². The van der Waals surface area contributed by atoms with Crippen molar-refractivity contribution in [1.29, 1.82) is 0 Å². The number of hydrogen-bond acceptors (Lipinski definition) is 6. The predicted octanol–water partition coefficient (Wildman–Crippen LogP) is 2.01. The van der Waals surface area contributed by atoms with E-state index in [1.165, 1.54) is 0 Å². The highest BCUT2D eigenvalue weighted by Crippen LogP contribution is 2.68. The number of ether oxygens (including phenoxy) is 4. The van der Waals surface area contributed by atoms with Crippen molar-refractivity contribution in [3.63, 3.8) is 0 Å². The van der Waals surface area contributed by atoms with E-state index in [0.717, 1.165) is 12.8 Å². The molecule has 26 heavy (non-hydrogen) atoms. The van der Waals surface area contributed by atoms with Gasteiger partial charge in [0.15, 0.2) is 0 Å². The third-order valence-electron chi connectivity index (χ3n) is 7.69. The van der Waals surface area contributed by atoms with Gasteiger partial charge in [-0.1, -0.05) is 19.9 Å². The number of rotatable bonds is 2. The molecule has 0 radical (unpaired) electrons. The quantitative estimate of drug-likeness (QED) is 0.425. The molecule has 5 rings (SSSR count). The molecule has 5 fully saturated rings. The van der Waals surface area contributed by atoms with Crippen LogP contribution in [0.25, 0.3) is 0 Å². The number of epoxide rings is 2. The summed E-state index contributed by atoms with van der Waals surface area (Å²) >= 11 is 0. The number of allylic oxidation sites excluding steroid dienone is 1. The van der Waals surface area contributed by atoms with E-state index in [1.54, 1.807) is 13.0 Å². The van der Waals surface area contributed by atoms with E-state index in [4.69, 9.17) is 18.9 Å². The summed E-state index contributed by atoms with van der Waals surface area (Å²) in [6, 6.07) is 0. The van der Waals surface area contributed by atoms with E-state index >= 15 is 0 Å². The van der Waals surface area contributed by atoms with Gasteiger partial charge in [0, 0.05) is 22.8 Å². The molecule has 0 N–H and O–H groups in total. The fourth-order valence-corrected chi connectivity index (χ4v) is 5.94. The summed E-state index contributed by atoms with van der Waals surface area (Å²) < 4.78 is 23.8. The Morgan fingerprint density at radius 1 is 1.35 bits per heavy atom. The minimum atomic E-state index is -0.369. The van der Waals surface area contributed by atoms with E-state index in [1.807, 2.05) is 13.8 Å². The molecular weight excluding hydrogens is 336 g/mol. The lowest BCUT2D eigenvalue weighted by atomic mass is 9.51. The van der Waals surface area contributed by atoms with Crippen molar-refractivity contribution in [3.8, 4) is 0 Å². The topological polar surface area (TPSA) is 77.7 Å². The number of esters is 2. The SMILES string of the molecule is C/C=C(/C)C(=O)O[C@@H]1[C@@H]2O[C@@H]2[C@]2(CO2)[C@@H]2[C@@H]3OC(=O)[C@H](C)[C@H]3CC[C@]12C. The molecule has 3 aliphatic heterocycles. The van der Waals surface area contributed by atoms with E-state index in [2.05, 4.69) is 6.92 Å². The molecule has 9 atom stereocenters. The number of carbonyl (C=O) groups excluding carboxylic acids is 2. The van der Waals surface area contributed by atoms with Crippen LogP contribution in [0.1, 0.15) is 40.5 Å². The van der Waals surface area contributed by atoms with Gasteiger partial charge >= 0.3 is 11.9 Å². The van der Waals surface area contributed by atoms with Gasteiger partial charge in [0.05, 0.1) is 12.5 Å². The Morgan fingerprint density at radius 3 is 2.73 bits per heavy atom. The second-order valence-electron chi connectivity index (χ2n) is 8.94. The maximum atomic E-state index is 12.5. The third kappa shape index (κ3) is 1.95. The molecule has 0 aromatic rings. The summed E-state index contributed by atoms with van der Waals surface area (Å²) in [6.07, 6.45) is 2.87. The third-order valence-corrected chi connectivity index (χ3v) is 7.69. The molecule has 142 valence electrons. The molecule has 1 spiro atoms. The summed E-state index contributed by atoms with van der Waals surface area (Å²) in [5, 5.41) is 0. The van der Waals surface area contributed by atoms with Crippen LogP contribution in [0.4, 0.5) is 0 Å². The van der Waals surface area contributed by atoms with Crippen molar-refractivity contribution in [1.82, 2.24) is 0 Å². The highest BCUT2D eigenvalue weighted by atomic mass is 16.7. The van der Waals surface area contributed by atoms with E-state index < -0.39 is 0 Å². The van der Waals surface area contributed by atoms with Crippen molar-refractivity contribution in [2.45, 2.75) is 70.6 Å². The molecule has 3 saturated heterocycles. The van der Waals surface area contributed by atoms with Crippen LogP contribution in [0.3, 0.4) is 0 Å². The molecule has 3 heterocycles. The molecule has 0 aromatic carbocycles. The van der Waals surface area contributed by atoms with Gasteiger partial charge in [-0.05, 0) is 26.7 Å². The van der Waals surface area contributed by atoms with Gasteiger partial charge in [-0.15, -0.1) is 0 Å². The first-order valence-electron chi connectivity index (χ1n) is 9.67. The van der Waals surface area contributed by atoms with Gasteiger partial charge in [0.2, 0.25) is 0 Å². The second kappa shape index (κ2) is 5.10. The van der Waals surface area contributed by atoms with Crippen LogP contribution in [0.5, 0.6) is 0 Å². The highest BCUT2D eigenvalue weighted by Gasteiger charge is 2.82. The zero-order valence-electron chi connectivity index (χ0n) is 15.7. The summed E-state index contributed by atoms with van der Waals surface area (Å²) in [5.74, 6) is -0.263.